The first-order valence-corrected chi connectivity index (χ1v) is 14.5. The second kappa shape index (κ2) is 11.7. The minimum absolute atomic E-state index is 0.323. The number of imide groups is 2. The number of hydrogen-bond acceptors (Lipinski definition) is 4. The Labute approximate surface area is 236 Å². The van der Waals surface area contributed by atoms with Gasteiger partial charge in [-0.15, -0.1) is 0 Å². The molecule has 0 saturated carbocycles. The quantitative estimate of drug-likeness (QED) is 0.256. The normalized spacial score (nSPS) is 15.6. The van der Waals surface area contributed by atoms with Gasteiger partial charge < -0.3 is 20.4 Å². The Morgan fingerprint density at radius 2 is 0.800 bits per heavy atom. The summed E-state index contributed by atoms with van der Waals surface area (Å²) in [5, 5.41) is 0.861. The zero-order valence-electron chi connectivity index (χ0n) is 24.6. The zero-order valence-corrected chi connectivity index (χ0v) is 24.6. The van der Waals surface area contributed by atoms with E-state index in [2.05, 4.69) is 39.7 Å². The maximum absolute atomic E-state index is 13.5. The van der Waals surface area contributed by atoms with E-state index >= 15 is 0 Å². The van der Waals surface area contributed by atoms with Gasteiger partial charge in [-0.1, -0.05) is 0 Å². The SMILES string of the molecule is C[N+](C)(CCC[NH3+])CCCN1C(=O)c2ccc3c4c(ccc(c24)C1=O)C(=O)N(CCC[N+](C)(C)CCC[NH3+])C3=O. The number of benzene rings is 2. The molecular weight excluding hydrogens is 508 g/mol. The Balaban J connectivity index is 1.55. The molecule has 2 aromatic carbocycles. The highest BCUT2D eigenvalue weighted by Crippen LogP contribution is 2.38. The van der Waals surface area contributed by atoms with Gasteiger partial charge in [-0.2, -0.15) is 0 Å². The first-order valence-electron chi connectivity index (χ1n) is 14.5. The minimum atomic E-state index is -0.367. The molecule has 6 N–H and O–H groups in total. The van der Waals surface area contributed by atoms with Crippen molar-refractivity contribution in [2.24, 2.45) is 0 Å². The van der Waals surface area contributed by atoms with Crippen LogP contribution in [0.5, 0.6) is 0 Å². The molecule has 0 fully saturated rings. The molecule has 10 nitrogen and oxygen atoms in total. The predicted octanol–water partition coefficient (Wildman–Crippen LogP) is 0.229. The maximum Gasteiger partial charge on any atom is 0.261 e. The van der Waals surface area contributed by atoms with Crippen molar-refractivity contribution >= 4 is 34.4 Å². The van der Waals surface area contributed by atoms with Gasteiger partial charge in [-0.25, -0.2) is 0 Å². The molecule has 0 aromatic heterocycles. The third-order valence-electron chi connectivity index (χ3n) is 8.38. The largest absolute Gasteiger partial charge is 0.357 e. The summed E-state index contributed by atoms with van der Waals surface area (Å²) < 4.78 is 1.61. The third-order valence-corrected chi connectivity index (χ3v) is 8.38. The topological polar surface area (TPSA) is 130 Å². The lowest BCUT2D eigenvalue weighted by atomic mass is 9.86. The van der Waals surface area contributed by atoms with E-state index in [1.807, 2.05) is 0 Å². The summed E-state index contributed by atoms with van der Waals surface area (Å²) in [4.78, 5) is 56.7. The lowest BCUT2D eigenvalue weighted by Crippen LogP contribution is -2.53. The molecule has 2 aliphatic heterocycles. The van der Waals surface area contributed by atoms with Crippen LogP contribution in [0.4, 0.5) is 0 Å². The van der Waals surface area contributed by atoms with Gasteiger partial charge >= 0.3 is 0 Å². The van der Waals surface area contributed by atoms with E-state index < -0.39 is 0 Å². The highest BCUT2D eigenvalue weighted by molar-refractivity contribution is 6.33. The second-order valence-corrected chi connectivity index (χ2v) is 12.5. The van der Waals surface area contributed by atoms with Crippen LogP contribution in [0, 0.1) is 0 Å². The number of carbonyl (C=O) groups is 4. The molecule has 4 amide bonds. The molecule has 0 saturated heterocycles. The molecule has 0 bridgehead atoms. The van der Waals surface area contributed by atoms with Crippen molar-refractivity contribution in [1.82, 2.24) is 9.80 Å². The summed E-state index contributed by atoms with van der Waals surface area (Å²) in [6.45, 7) is 6.06. The molecule has 2 aromatic rings. The molecule has 0 spiro atoms. The summed E-state index contributed by atoms with van der Waals surface area (Å²) >= 11 is 0. The van der Waals surface area contributed by atoms with E-state index in [0.29, 0.717) is 59.0 Å². The van der Waals surface area contributed by atoms with Crippen LogP contribution in [-0.2, 0) is 0 Å². The fraction of sp³-hybridized carbons (Fsp3) is 0.533. The van der Waals surface area contributed by atoms with Crippen LogP contribution < -0.4 is 11.5 Å². The minimum Gasteiger partial charge on any atom is -0.357 e. The van der Waals surface area contributed by atoms with Gasteiger partial charge in [0, 0.05) is 71.8 Å². The Hall–Kier alpha value is -3.18. The number of hydrogen-bond donors (Lipinski definition) is 2. The summed E-state index contributed by atoms with van der Waals surface area (Å²) in [6.07, 6.45) is 3.43. The van der Waals surface area contributed by atoms with Crippen LogP contribution in [0.2, 0.25) is 0 Å². The van der Waals surface area contributed by atoms with Crippen LogP contribution in [0.1, 0.15) is 67.1 Å². The van der Waals surface area contributed by atoms with Gasteiger partial charge in [-0.05, 0) is 24.3 Å². The van der Waals surface area contributed by atoms with Gasteiger partial charge in [0.05, 0.1) is 67.5 Å². The van der Waals surface area contributed by atoms with Crippen LogP contribution in [-0.4, -0.2) is 123 Å². The van der Waals surface area contributed by atoms with Gasteiger partial charge in [0.2, 0.25) is 0 Å². The van der Waals surface area contributed by atoms with Crippen molar-refractivity contribution in [1.29, 1.82) is 0 Å². The predicted molar refractivity (Wildman–Crippen MR) is 152 cm³/mol. The summed E-state index contributed by atoms with van der Waals surface area (Å²) in [6, 6.07) is 6.58. The number of carbonyl (C=O) groups excluding carboxylic acids is 4. The standard InChI is InChI=1S/C30H44N6O4/c1-35(2,17-5-13-31)19-7-15-33-27(37)21-9-11-23-26-24(12-10-22(25(21)26)28(33)38)30(40)34(29(23)39)16-8-20-36(3,4)18-6-14-32/h9-12H,5-8,13-20,31-32H2,1-4H3/q+2/p+2. The van der Waals surface area contributed by atoms with Gasteiger partial charge in [0.1, 0.15) is 0 Å². The fourth-order valence-electron chi connectivity index (χ4n) is 6.00. The first kappa shape index (κ1) is 29.8. The Bertz CT molecular complexity index is 1160. The molecule has 0 aliphatic carbocycles. The Kier molecular flexibility index (Phi) is 8.75. The molecule has 0 radical (unpaired) electrons. The smallest absolute Gasteiger partial charge is 0.261 e. The van der Waals surface area contributed by atoms with E-state index in [9.17, 15) is 19.2 Å². The van der Waals surface area contributed by atoms with Gasteiger partial charge in [-0.3, -0.25) is 29.0 Å². The van der Waals surface area contributed by atoms with Crippen molar-refractivity contribution in [2.75, 3.05) is 80.5 Å². The maximum atomic E-state index is 13.5. The lowest BCUT2D eigenvalue weighted by Gasteiger charge is -2.34. The molecule has 0 atom stereocenters. The molecule has 2 aliphatic rings. The molecule has 40 heavy (non-hydrogen) atoms. The van der Waals surface area contributed by atoms with Crippen LogP contribution in [0.3, 0.4) is 0 Å². The van der Waals surface area contributed by atoms with Crippen molar-refractivity contribution in [3.05, 3.63) is 46.5 Å². The second-order valence-electron chi connectivity index (χ2n) is 12.5. The van der Waals surface area contributed by atoms with E-state index in [1.54, 1.807) is 24.3 Å². The molecule has 0 unspecified atom stereocenters. The molecular formula is C30H46N6O4+4. The molecule has 2 heterocycles. The summed E-state index contributed by atoms with van der Waals surface area (Å²) in [5.74, 6) is -1.47. The third kappa shape index (κ3) is 5.81. The summed E-state index contributed by atoms with van der Waals surface area (Å²) in [5.41, 5.74) is 9.33. The van der Waals surface area contributed by atoms with Gasteiger partial charge in [0.15, 0.2) is 0 Å². The molecule has 10 heteroatoms. The number of quaternary nitrogens is 4. The number of amides is 4. The van der Waals surface area contributed by atoms with Crippen LogP contribution >= 0.6 is 0 Å². The van der Waals surface area contributed by atoms with E-state index in [4.69, 9.17) is 0 Å². The molecule has 4 rings (SSSR count). The average Bonchev–Trinajstić information content (AvgIpc) is 2.91. The monoisotopic (exact) mass is 554 g/mol. The first-order chi connectivity index (χ1) is 18.9. The Morgan fingerprint density at radius 3 is 1.07 bits per heavy atom. The molecule has 216 valence electrons. The number of rotatable bonds is 14. The fourth-order valence-corrected chi connectivity index (χ4v) is 6.00. The van der Waals surface area contributed by atoms with Crippen molar-refractivity contribution in [3.8, 4) is 0 Å². The Morgan fingerprint density at radius 1 is 0.525 bits per heavy atom. The zero-order chi connectivity index (χ0) is 29.2. The number of nitrogens with zero attached hydrogens (tertiary/aromatic N) is 4. The van der Waals surface area contributed by atoms with Crippen LogP contribution in [0.15, 0.2) is 24.3 Å². The van der Waals surface area contributed by atoms with E-state index in [1.165, 1.54) is 9.80 Å². The van der Waals surface area contributed by atoms with Crippen molar-refractivity contribution in [2.45, 2.75) is 25.7 Å². The van der Waals surface area contributed by atoms with Gasteiger partial charge in [0.25, 0.3) is 23.6 Å². The van der Waals surface area contributed by atoms with Crippen LogP contribution in [0.25, 0.3) is 10.8 Å². The highest BCUT2D eigenvalue weighted by Gasteiger charge is 2.39. The van der Waals surface area contributed by atoms with Crippen molar-refractivity contribution in [3.63, 3.8) is 0 Å². The summed E-state index contributed by atoms with van der Waals surface area (Å²) in [7, 11) is 8.59. The lowest BCUT2D eigenvalue weighted by molar-refractivity contribution is -0.891. The van der Waals surface area contributed by atoms with E-state index in [0.717, 1.165) is 61.1 Å². The average molecular weight is 555 g/mol. The van der Waals surface area contributed by atoms with Crippen molar-refractivity contribution < 1.29 is 39.6 Å². The highest BCUT2D eigenvalue weighted by atomic mass is 16.2. The van der Waals surface area contributed by atoms with E-state index in [-0.39, 0.29) is 23.6 Å².